The second-order valence-corrected chi connectivity index (χ2v) is 4.11. The van der Waals surface area contributed by atoms with Crippen LogP contribution in [-0.4, -0.2) is 7.11 Å². The van der Waals surface area contributed by atoms with Gasteiger partial charge in [-0.3, -0.25) is 0 Å². The van der Waals surface area contributed by atoms with Gasteiger partial charge >= 0.3 is 0 Å². The van der Waals surface area contributed by atoms with Crippen molar-refractivity contribution >= 4 is 17.3 Å². The molecule has 0 spiro atoms. The molecule has 0 atom stereocenters. The van der Waals surface area contributed by atoms with Crippen LogP contribution in [0.4, 0.5) is 14.5 Å². The Hall–Kier alpha value is -1.81. The summed E-state index contributed by atoms with van der Waals surface area (Å²) in [6.45, 7) is 0. The van der Waals surface area contributed by atoms with Crippen molar-refractivity contribution < 1.29 is 13.5 Å². The van der Waals surface area contributed by atoms with Crippen LogP contribution in [0, 0.1) is 11.6 Å². The second-order valence-electron chi connectivity index (χ2n) is 3.70. The molecule has 18 heavy (non-hydrogen) atoms. The summed E-state index contributed by atoms with van der Waals surface area (Å²) in [6, 6.07) is 6.66. The van der Waals surface area contributed by atoms with Gasteiger partial charge in [-0.2, -0.15) is 0 Å². The lowest BCUT2D eigenvalue weighted by Gasteiger charge is -2.09. The molecule has 5 heteroatoms. The van der Waals surface area contributed by atoms with Crippen LogP contribution in [0.3, 0.4) is 0 Å². The number of ether oxygens (including phenoxy) is 1. The van der Waals surface area contributed by atoms with E-state index < -0.39 is 11.6 Å². The lowest BCUT2D eigenvalue weighted by atomic mass is 10.0. The van der Waals surface area contributed by atoms with Gasteiger partial charge in [0.1, 0.15) is 17.4 Å². The van der Waals surface area contributed by atoms with Gasteiger partial charge in [-0.15, -0.1) is 0 Å². The van der Waals surface area contributed by atoms with Crippen LogP contribution in [0.15, 0.2) is 30.3 Å². The SMILES string of the molecule is COc1cc(F)c(-c2ccc(Cl)c(N)c2)c(F)c1. The lowest BCUT2D eigenvalue weighted by Crippen LogP contribution is -1.94. The van der Waals surface area contributed by atoms with E-state index in [9.17, 15) is 8.78 Å². The van der Waals surface area contributed by atoms with E-state index in [0.29, 0.717) is 10.6 Å². The number of hydrogen-bond donors (Lipinski definition) is 1. The first-order chi connectivity index (χ1) is 8.52. The molecule has 0 fully saturated rings. The van der Waals surface area contributed by atoms with Gasteiger partial charge in [-0.25, -0.2) is 8.78 Å². The van der Waals surface area contributed by atoms with Crippen LogP contribution in [-0.2, 0) is 0 Å². The van der Waals surface area contributed by atoms with E-state index in [2.05, 4.69) is 0 Å². The zero-order valence-corrected chi connectivity index (χ0v) is 10.3. The van der Waals surface area contributed by atoms with E-state index in [0.717, 1.165) is 12.1 Å². The predicted molar refractivity (Wildman–Crippen MR) is 67.8 cm³/mol. The molecule has 0 aliphatic heterocycles. The summed E-state index contributed by atoms with van der Waals surface area (Å²) in [7, 11) is 1.34. The molecular weight excluding hydrogens is 260 g/mol. The van der Waals surface area contributed by atoms with Gasteiger partial charge in [-0.05, 0) is 17.7 Å². The van der Waals surface area contributed by atoms with E-state index >= 15 is 0 Å². The highest BCUT2D eigenvalue weighted by atomic mass is 35.5. The molecule has 94 valence electrons. The maximum Gasteiger partial charge on any atom is 0.137 e. The zero-order chi connectivity index (χ0) is 13.3. The molecule has 0 aromatic heterocycles. The monoisotopic (exact) mass is 269 g/mol. The average molecular weight is 270 g/mol. The summed E-state index contributed by atoms with van der Waals surface area (Å²) in [4.78, 5) is 0. The second kappa shape index (κ2) is 4.82. The van der Waals surface area contributed by atoms with Crippen LogP contribution >= 0.6 is 11.6 Å². The standard InChI is InChI=1S/C13H10ClF2NO/c1-18-8-5-10(15)13(11(16)6-8)7-2-3-9(14)12(17)4-7/h2-6H,17H2,1H3. The maximum absolute atomic E-state index is 13.8. The normalized spacial score (nSPS) is 10.4. The smallest absolute Gasteiger partial charge is 0.137 e. The maximum atomic E-state index is 13.8. The molecule has 0 amide bonds. The molecule has 0 saturated carbocycles. The number of benzene rings is 2. The van der Waals surface area contributed by atoms with Crippen molar-refractivity contribution in [3.63, 3.8) is 0 Å². The molecule has 0 unspecified atom stereocenters. The van der Waals surface area contributed by atoms with Crippen LogP contribution in [0.1, 0.15) is 0 Å². The highest BCUT2D eigenvalue weighted by Crippen LogP contribution is 2.32. The highest BCUT2D eigenvalue weighted by molar-refractivity contribution is 6.33. The Morgan fingerprint density at radius 2 is 1.72 bits per heavy atom. The van der Waals surface area contributed by atoms with Gasteiger partial charge in [-0.1, -0.05) is 17.7 Å². The Morgan fingerprint density at radius 1 is 1.11 bits per heavy atom. The summed E-state index contributed by atoms with van der Waals surface area (Å²) in [6.07, 6.45) is 0. The van der Waals surface area contributed by atoms with E-state index in [-0.39, 0.29) is 17.0 Å². The Bertz CT molecular complexity index is 579. The quantitative estimate of drug-likeness (QED) is 0.840. The van der Waals surface area contributed by atoms with Crippen molar-refractivity contribution in [2.24, 2.45) is 0 Å². The Balaban J connectivity index is 2.60. The minimum absolute atomic E-state index is 0.121. The van der Waals surface area contributed by atoms with Crippen molar-refractivity contribution in [2.45, 2.75) is 0 Å². The number of nitrogen functional groups attached to an aromatic ring is 1. The van der Waals surface area contributed by atoms with E-state index in [4.69, 9.17) is 22.1 Å². The van der Waals surface area contributed by atoms with Gasteiger partial charge in [0.2, 0.25) is 0 Å². The number of anilines is 1. The fourth-order valence-corrected chi connectivity index (χ4v) is 1.76. The Labute approximate surface area is 108 Å². The topological polar surface area (TPSA) is 35.2 Å². The fourth-order valence-electron chi connectivity index (χ4n) is 1.64. The molecule has 0 bridgehead atoms. The van der Waals surface area contributed by atoms with Crippen LogP contribution < -0.4 is 10.5 Å². The van der Waals surface area contributed by atoms with Crippen molar-refractivity contribution in [3.8, 4) is 16.9 Å². The molecular formula is C13H10ClF2NO. The summed E-state index contributed by atoms with van der Waals surface area (Å²) in [5, 5.41) is 0.341. The van der Waals surface area contributed by atoms with Crippen molar-refractivity contribution in [2.75, 3.05) is 12.8 Å². The largest absolute Gasteiger partial charge is 0.497 e. The summed E-state index contributed by atoms with van der Waals surface area (Å²) in [5.74, 6) is -1.31. The van der Waals surface area contributed by atoms with E-state index in [1.54, 1.807) is 0 Å². The van der Waals surface area contributed by atoms with Crippen molar-refractivity contribution in [1.82, 2.24) is 0 Å². The molecule has 0 heterocycles. The number of rotatable bonds is 2. The van der Waals surface area contributed by atoms with Gasteiger partial charge in [0, 0.05) is 12.1 Å². The van der Waals surface area contributed by atoms with Crippen LogP contribution in [0.5, 0.6) is 5.75 Å². The van der Waals surface area contributed by atoms with Gasteiger partial charge < -0.3 is 10.5 Å². The van der Waals surface area contributed by atoms with Crippen molar-refractivity contribution in [1.29, 1.82) is 0 Å². The van der Waals surface area contributed by atoms with Crippen molar-refractivity contribution in [3.05, 3.63) is 47.0 Å². The predicted octanol–water partition coefficient (Wildman–Crippen LogP) is 3.88. The summed E-state index contributed by atoms with van der Waals surface area (Å²) in [5.41, 5.74) is 6.05. The first-order valence-electron chi connectivity index (χ1n) is 5.11. The third kappa shape index (κ3) is 2.24. The average Bonchev–Trinajstić information content (AvgIpc) is 2.32. The molecule has 2 rings (SSSR count). The first kappa shape index (κ1) is 12.6. The lowest BCUT2D eigenvalue weighted by molar-refractivity contribution is 0.407. The van der Waals surface area contributed by atoms with Gasteiger partial charge in [0.05, 0.1) is 23.4 Å². The molecule has 2 aromatic rings. The number of halogens is 3. The minimum Gasteiger partial charge on any atom is -0.497 e. The van der Waals surface area contributed by atoms with Crippen LogP contribution in [0.2, 0.25) is 5.02 Å². The first-order valence-corrected chi connectivity index (χ1v) is 5.49. The highest BCUT2D eigenvalue weighted by Gasteiger charge is 2.14. The fraction of sp³-hybridized carbons (Fsp3) is 0.0769. The minimum atomic E-state index is -0.714. The number of hydrogen-bond acceptors (Lipinski definition) is 2. The molecule has 0 aliphatic rings. The molecule has 0 aliphatic carbocycles. The van der Waals surface area contributed by atoms with Gasteiger partial charge in [0.15, 0.2) is 0 Å². The number of methoxy groups -OCH3 is 1. The molecule has 0 radical (unpaired) electrons. The van der Waals surface area contributed by atoms with Gasteiger partial charge in [0.25, 0.3) is 0 Å². The Kier molecular flexibility index (Phi) is 3.39. The molecule has 2 N–H and O–H groups in total. The molecule has 0 saturated heterocycles. The van der Waals surface area contributed by atoms with E-state index in [1.165, 1.54) is 25.3 Å². The number of nitrogens with two attached hydrogens (primary N) is 1. The molecule has 2 aromatic carbocycles. The third-order valence-corrected chi connectivity index (χ3v) is 2.88. The van der Waals surface area contributed by atoms with E-state index in [1.807, 2.05) is 0 Å². The van der Waals surface area contributed by atoms with Crippen LogP contribution in [0.25, 0.3) is 11.1 Å². The zero-order valence-electron chi connectivity index (χ0n) is 9.51. The third-order valence-electron chi connectivity index (χ3n) is 2.54. The summed E-state index contributed by atoms with van der Waals surface area (Å²) < 4.78 is 32.4. The Morgan fingerprint density at radius 3 is 2.22 bits per heavy atom. The molecule has 2 nitrogen and oxygen atoms in total. The summed E-state index contributed by atoms with van der Waals surface area (Å²) >= 11 is 5.76.